The molecule has 1 saturated heterocycles. The van der Waals surface area contributed by atoms with E-state index in [-0.39, 0.29) is 11.9 Å². The van der Waals surface area contributed by atoms with Crippen LogP contribution in [0.15, 0.2) is 0 Å². The standard InChI is InChI=1S/C13H25N3O/c1-9-5-10(2)7-11(6-9)16-13(17)12-8-14-3-4-15-12/h9-12,14-15H,3-8H2,1-2H3,(H,16,17). The Kier molecular flexibility index (Phi) is 4.40. The molecule has 17 heavy (non-hydrogen) atoms. The van der Waals surface area contributed by atoms with E-state index >= 15 is 0 Å². The number of hydrogen-bond donors (Lipinski definition) is 3. The largest absolute Gasteiger partial charge is 0.352 e. The lowest BCUT2D eigenvalue weighted by Gasteiger charge is -2.33. The van der Waals surface area contributed by atoms with Gasteiger partial charge in [0, 0.05) is 25.7 Å². The second-order valence-corrected chi connectivity index (χ2v) is 5.83. The molecule has 3 atom stereocenters. The number of nitrogens with one attached hydrogen (secondary N) is 3. The highest BCUT2D eigenvalue weighted by Gasteiger charge is 2.27. The summed E-state index contributed by atoms with van der Waals surface area (Å²) in [5, 5.41) is 9.71. The van der Waals surface area contributed by atoms with Gasteiger partial charge in [0.25, 0.3) is 0 Å². The maximum Gasteiger partial charge on any atom is 0.238 e. The summed E-state index contributed by atoms with van der Waals surface area (Å²) >= 11 is 0. The molecule has 2 aliphatic rings. The first-order valence-corrected chi connectivity index (χ1v) is 6.89. The van der Waals surface area contributed by atoms with Crippen molar-refractivity contribution >= 4 is 5.91 Å². The van der Waals surface area contributed by atoms with Crippen molar-refractivity contribution < 1.29 is 4.79 Å². The van der Waals surface area contributed by atoms with E-state index in [0.717, 1.165) is 44.3 Å². The van der Waals surface area contributed by atoms with Gasteiger partial charge in [0.05, 0.1) is 6.04 Å². The van der Waals surface area contributed by atoms with E-state index in [0.29, 0.717) is 6.04 Å². The molecule has 4 heteroatoms. The summed E-state index contributed by atoms with van der Waals surface area (Å²) in [4.78, 5) is 12.1. The smallest absolute Gasteiger partial charge is 0.238 e. The van der Waals surface area contributed by atoms with E-state index in [9.17, 15) is 4.79 Å². The quantitative estimate of drug-likeness (QED) is 0.657. The Morgan fingerprint density at radius 2 is 1.82 bits per heavy atom. The van der Waals surface area contributed by atoms with Gasteiger partial charge in [-0.1, -0.05) is 13.8 Å². The average molecular weight is 239 g/mol. The number of piperazine rings is 1. The third-order valence-corrected chi connectivity index (χ3v) is 3.88. The molecular formula is C13H25N3O. The molecule has 3 unspecified atom stereocenters. The predicted molar refractivity (Wildman–Crippen MR) is 68.8 cm³/mol. The first-order valence-electron chi connectivity index (χ1n) is 6.89. The first-order chi connectivity index (χ1) is 8.15. The Morgan fingerprint density at radius 1 is 1.12 bits per heavy atom. The summed E-state index contributed by atoms with van der Waals surface area (Å²) in [7, 11) is 0. The van der Waals surface area contributed by atoms with E-state index in [2.05, 4.69) is 29.8 Å². The molecule has 1 heterocycles. The number of amides is 1. The van der Waals surface area contributed by atoms with Gasteiger partial charge < -0.3 is 16.0 Å². The van der Waals surface area contributed by atoms with Crippen LogP contribution in [-0.4, -0.2) is 37.6 Å². The molecule has 0 radical (unpaired) electrons. The Morgan fingerprint density at radius 3 is 2.41 bits per heavy atom. The topological polar surface area (TPSA) is 53.2 Å². The minimum absolute atomic E-state index is 0.0451. The van der Waals surface area contributed by atoms with Gasteiger partial charge in [-0.25, -0.2) is 0 Å². The normalized spacial score (nSPS) is 38.7. The van der Waals surface area contributed by atoms with E-state index in [1.807, 2.05) is 0 Å². The van der Waals surface area contributed by atoms with Crippen molar-refractivity contribution in [2.24, 2.45) is 11.8 Å². The maximum absolute atomic E-state index is 12.1. The minimum atomic E-state index is -0.0451. The molecule has 98 valence electrons. The van der Waals surface area contributed by atoms with Crippen molar-refractivity contribution in [2.75, 3.05) is 19.6 Å². The van der Waals surface area contributed by atoms with E-state index in [1.165, 1.54) is 6.42 Å². The molecule has 1 saturated carbocycles. The molecule has 3 N–H and O–H groups in total. The van der Waals surface area contributed by atoms with Gasteiger partial charge in [-0.05, 0) is 31.1 Å². The zero-order valence-corrected chi connectivity index (χ0v) is 11.0. The van der Waals surface area contributed by atoms with Crippen LogP contribution in [0.2, 0.25) is 0 Å². The third-order valence-electron chi connectivity index (χ3n) is 3.88. The molecule has 2 rings (SSSR count). The van der Waals surface area contributed by atoms with Gasteiger partial charge in [0.15, 0.2) is 0 Å². The lowest BCUT2D eigenvalue weighted by atomic mass is 9.80. The Labute approximate surface area is 104 Å². The van der Waals surface area contributed by atoms with E-state index in [4.69, 9.17) is 0 Å². The van der Waals surface area contributed by atoms with Gasteiger partial charge >= 0.3 is 0 Å². The third kappa shape index (κ3) is 3.68. The molecular weight excluding hydrogens is 214 g/mol. The van der Waals surface area contributed by atoms with Crippen LogP contribution < -0.4 is 16.0 Å². The van der Waals surface area contributed by atoms with Gasteiger partial charge in [0.2, 0.25) is 5.91 Å². The van der Waals surface area contributed by atoms with E-state index < -0.39 is 0 Å². The zero-order valence-electron chi connectivity index (χ0n) is 11.0. The molecule has 0 aromatic carbocycles. The molecule has 4 nitrogen and oxygen atoms in total. The highest BCUT2D eigenvalue weighted by atomic mass is 16.2. The number of hydrogen-bond acceptors (Lipinski definition) is 3. The number of rotatable bonds is 2. The lowest BCUT2D eigenvalue weighted by Crippen LogP contribution is -2.57. The monoisotopic (exact) mass is 239 g/mol. The second kappa shape index (κ2) is 5.83. The minimum Gasteiger partial charge on any atom is -0.352 e. The second-order valence-electron chi connectivity index (χ2n) is 5.83. The van der Waals surface area contributed by atoms with Gasteiger partial charge in [-0.3, -0.25) is 4.79 Å². The molecule has 0 aromatic heterocycles. The SMILES string of the molecule is CC1CC(C)CC(NC(=O)C2CNCCN2)C1. The number of carbonyl (C=O) groups excluding carboxylic acids is 1. The fourth-order valence-corrected chi connectivity index (χ4v) is 3.21. The number of carbonyl (C=O) groups is 1. The zero-order chi connectivity index (χ0) is 12.3. The van der Waals surface area contributed by atoms with Gasteiger partial charge in [-0.2, -0.15) is 0 Å². The van der Waals surface area contributed by atoms with Crippen LogP contribution in [-0.2, 0) is 4.79 Å². The highest BCUT2D eigenvalue weighted by molar-refractivity contribution is 5.82. The summed E-state index contributed by atoms with van der Waals surface area (Å²) < 4.78 is 0. The van der Waals surface area contributed by atoms with Crippen molar-refractivity contribution in [1.29, 1.82) is 0 Å². The van der Waals surface area contributed by atoms with Crippen LogP contribution in [0.4, 0.5) is 0 Å². The summed E-state index contributed by atoms with van der Waals surface area (Å²) in [5.74, 6) is 1.64. The highest BCUT2D eigenvalue weighted by Crippen LogP contribution is 2.28. The molecule has 1 aliphatic carbocycles. The van der Waals surface area contributed by atoms with Crippen LogP contribution >= 0.6 is 0 Å². The van der Waals surface area contributed by atoms with Crippen molar-refractivity contribution in [3.05, 3.63) is 0 Å². The summed E-state index contributed by atoms with van der Waals surface area (Å²) in [6, 6.07) is 0.335. The van der Waals surface area contributed by atoms with Gasteiger partial charge in [-0.15, -0.1) is 0 Å². The molecule has 0 aromatic rings. The molecule has 2 fully saturated rings. The molecule has 1 aliphatic heterocycles. The van der Waals surface area contributed by atoms with Crippen LogP contribution in [0.5, 0.6) is 0 Å². The van der Waals surface area contributed by atoms with Crippen LogP contribution in [0.1, 0.15) is 33.1 Å². The Hall–Kier alpha value is -0.610. The fraction of sp³-hybridized carbons (Fsp3) is 0.923. The fourth-order valence-electron chi connectivity index (χ4n) is 3.21. The predicted octanol–water partition coefficient (Wildman–Crippen LogP) is 0.489. The molecule has 0 bridgehead atoms. The van der Waals surface area contributed by atoms with Crippen LogP contribution in [0.3, 0.4) is 0 Å². The Bertz CT molecular complexity index is 253. The molecule has 0 spiro atoms. The first kappa shape index (κ1) is 12.8. The summed E-state index contributed by atoms with van der Waals surface area (Å²) in [6.07, 6.45) is 3.57. The summed E-state index contributed by atoms with van der Waals surface area (Å²) in [6.45, 7) is 7.17. The van der Waals surface area contributed by atoms with Crippen LogP contribution in [0, 0.1) is 11.8 Å². The Balaban J connectivity index is 1.80. The van der Waals surface area contributed by atoms with Crippen molar-refractivity contribution in [1.82, 2.24) is 16.0 Å². The summed E-state index contributed by atoms with van der Waals surface area (Å²) in [5.41, 5.74) is 0. The average Bonchev–Trinajstić information content (AvgIpc) is 2.28. The van der Waals surface area contributed by atoms with Crippen molar-refractivity contribution in [3.63, 3.8) is 0 Å². The lowest BCUT2D eigenvalue weighted by molar-refractivity contribution is -0.124. The van der Waals surface area contributed by atoms with Crippen LogP contribution in [0.25, 0.3) is 0 Å². The van der Waals surface area contributed by atoms with E-state index in [1.54, 1.807) is 0 Å². The van der Waals surface area contributed by atoms with Crippen molar-refractivity contribution in [3.8, 4) is 0 Å². The molecule has 1 amide bonds. The maximum atomic E-state index is 12.1. The van der Waals surface area contributed by atoms with Gasteiger partial charge in [0.1, 0.15) is 0 Å². The van der Waals surface area contributed by atoms with Crippen molar-refractivity contribution in [2.45, 2.75) is 45.2 Å².